The molecule has 1 saturated heterocycles. The lowest BCUT2D eigenvalue weighted by Crippen LogP contribution is -2.42. The molecule has 0 bridgehead atoms. The third kappa shape index (κ3) is 5.20. The van der Waals surface area contributed by atoms with Gasteiger partial charge in [0, 0.05) is 49.2 Å². The average Bonchev–Trinajstić information content (AvgIpc) is 3.20. The first-order valence-corrected chi connectivity index (χ1v) is 11.0. The van der Waals surface area contributed by atoms with E-state index in [-0.39, 0.29) is 17.9 Å². The van der Waals surface area contributed by atoms with Crippen LogP contribution >= 0.6 is 11.6 Å². The molecule has 1 aromatic rings. The number of nitrogens with zero attached hydrogens (tertiary/aromatic N) is 3. The molecular weight excluding hydrogens is 416 g/mol. The number of hydrogen-bond donors (Lipinski definition) is 3. The number of nitrogens with one attached hydrogen (secondary N) is 1. The molecule has 0 spiro atoms. The van der Waals surface area contributed by atoms with Gasteiger partial charge in [-0.05, 0) is 30.7 Å². The predicted molar refractivity (Wildman–Crippen MR) is 125 cm³/mol. The minimum absolute atomic E-state index is 0.0248. The smallest absolute Gasteiger partial charge is 0.267 e. The molecular formula is C22H29ClN6O2. The standard InChI is InChI=1S/C22H29ClN6O2/c23-16-3-1-15(2-4-16)21-14-19(22(30)26-7-8-28-9-11-31-12-10-28)27-29(21)20-6-5-17(24)13-18(20)25/h1,3-6,13,15,21H,2,7-12,14,24-25H2,(H,26,30). The zero-order chi connectivity index (χ0) is 21.8. The fourth-order valence-electron chi connectivity index (χ4n) is 4.17. The molecule has 2 aliphatic heterocycles. The maximum Gasteiger partial charge on any atom is 0.267 e. The van der Waals surface area contributed by atoms with Crippen molar-refractivity contribution in [3.63, 3.8) is 0 Å². The molecule has 2 heterocycles. The number of hydrogen-bond acceptors (Lipinski definition) is 7. The number of nitrogens with two attached hydrogens (primary N) is 2. The fraction of sp³-hybridized carbons (Fsp3) is 0.455. The minimum atomic E-state index is -0.136. The van der Waals surface area contributed by atoms with Crippen LogP contribution in [0, 0.1) is 5.92 Å². The van der Waals surface area contributed by atoms with Crippen LogP contribution in [0.3, 0.4) is 0 Å². The second-order valence-corrected chi connectivity index (χ2v) is 8.48. The van der Waals surface area contributed by atoms with Crippen LogP contribution in [0.5, 0.6) is 0 Å². The number of nitrogen functional groups attached to an aromatic ring is 2. The summed E-state index contributed by atoms with van der Waals surface area (Å²) in [6, 6.07) is 5.35. The van der Waals surface area contributed by atoms with Crippen LogP contribution in [0.15, 0.2) is 46.6 Å². The number of ether oxygens (including phenoxy) is 1. The summed E-state index contributed by atoms with van der Waals surface area (Å²) in [6.07, 6.45) is 7.31. The van der Waals surface area contributed by atoms with Crippen molar-refractivity contribution < 1.29 is 9.53 Å². The highest BCUT2D eigenvalue weighted by Crippen LogP contribution is 2.36. The van der Waals surface area contributed by atoms with E-state index in [0.717, 1.165) is 50.0 Å². The molecule has 2 atom stereocenters. The van der Waals surface area contributed by atoms with E-state index in [0.29, 0.717) is 30.1 Å². The first-order valence-electron chi connectivity index (χ1n) is 10.6. The normalized spacial score (nSPS) is 24.1. The van der Waals surface area contributed by atoms with Gasteiger partial charge in [-0.1, -0.05) is 23.8 Å². The van der Waals surface area contributed by atoms with E-state index in [1.807, 2.05) is 23.2 Å². The first-order chi connectivity index (χ1) is 15.0. The molecule has 0 aromatic heterocycles. The van der Waals surface area contributed by atoms with Gasteiger partial charge in [-0.2, -0.15) is 5.10 Å². The van der Waals surface area contributed by atoms with Crippen molar-refractivity contribution in [1.82, 2.24) is 10.2 Å². The first kappa shape index (κ1) is 21.7. The number of anilines is 3. The van der Waals surface area contributed by atoms with E-state index in [1.165, 1.54) is 0 Å². The quantitative estimate of drug-likeness (QED) is 0.578. The van der Waals surface area contributed by atoms with E-state index in [2.05, 4.69) is 21.4 Å². The van der Waals surface area contributed by atoms with Crippen LogP contribution in [0.1, 0.15) is 12.8 Å². The summed E-state index contributed by atoms with van der Waals surface area (Å²) < 4.78 is 5.37. The molecule has 8 nitrogen and oxygen atoms in total. The van der Waals surface area contributed by atoms with E-state index < -0.39 is 0 Å². The summed E-state index contributed by atoms with van der Waals surface area (Å²) in [6.45, 7) is 4.66. The maximum atomic E-state index is 12.9. The number of morpholine rings is 1. The summed E-state index contributed by atoms with van der Waals surface area (Å²) in [7, 11) is 0. The van der Waals surface area contributed by atoms with Crippen molar-refractivity contribution in [1.29, 1.82) is 0 Å². The van der Waals surface area contributed by atoms with E-state index in [4.69, 9.17) is 27.8 Å². The minimum Gasteiger partial charge on any atom is -0.399 e. The van der Waals surface area contributed by atoms with Crippen molar-refractivity contribution in [2.45, 2.75) is 18.9 Å². The van der Waals surface area contributed by atoms with Crippen LogP contribution in [0.2, 0.25) is 0 Å². The average molecular weight is 445 g/mol. The monoisotopic (exact) mass is 444 g/mol. The number of hydrazone groups is 1. The van der Waals surface area contributed by atoms with Gasteiger partial charge in [-0.15, -0.1) is 0 Å². The van der Waals surface area contributed by atoms with Crippen LogP contribution < -0.4 is 21.8 Å². The lowest BCUT2D eigenvalue weighted by molar-refractivity contribution is -0.115. The van der Waals surface area contributed by atoms with Gasteiger partial charge in [0.15, 0.2) is 0 Å². The second kappa shape index (κ2) is 9.72. The van der Waals surface area contributed by atoms with E-state index >= 15 is 0 Å². The van der Waals surface area contributed by atoms with Gasteiger partial charge in [0.1, 0.15) is 5.71 Å². The van der Waals surface area contributed by atoms with Gasteiger partial charge in [0.05, 0.1) is 30.6 Å². The summed E-state index contributed by atoms with van der Waals surface area (Å²) in [5, 5.41) is 10.3. The number of carbonyl (C=O) groups is 1. The van der Waals surface area contributed by atoms with Gasteiger partial charge in [0.25, 0.3) is 5.91 Å². The van der Waals surface area contributed by atoms with Crippen molar-refractivity contribution in [2.75, 3.05) is 55.9 Å². The molecule has 31 heavy (non-hydrogen) atoms. The van der Waals surface area contributed by atoms with Crippen molar-refractivity contribution in [2.24, 2.45) is 11.0 Å². The highest BCUT2D eigenvalue weighted by Gasteiger charge is 2.36. The molecule has 1 fully saturated rings. The van der Waals surface area contributed by atoms with Crippen molar-refractivity contribution in [3.8, 4) is 0 Å². The van der Waals surface area contributed by atoms with Crippen LogP contribution in [-0.2, 0) is 9.53 Å². The summed E-state index contributed by atoms with van der Waals surface area (Å²) in [5.41, 5.74) is 14.5. The molecule has 3 aliphatic rings. The zero-order valence-corrected chi connectivity index (χ0v) is 18.2. The summed E-state index contributed by atoms with van der Waals surface area (Å²) in [5.74, 6) is 0.0324. The molecule has 1 aliphatic carbocycles. The van der Waals surface area contributed by atoms with Crippen LogP contribution in [0.4, 0.5) is 17.1 Å². The molecule has 0 radical (unpaired) electrons. The van der Waals surface area contributed by atoms with Gasteiger partial charge >= 0.3 is 0 Å². The number of allylic oxidation sites excluding steroid dienone is 3. The Bertz CT molecular complexity index is 909. The molecule has 1 amide bonds. The Hall–Kier alpha value is -2.55. The molecule has 1 aromatic carbocycles. The van der Waals surface area contributed by atoms with Crippen LogP contribution in [-0.4, -0.2) is 62.0 Å². The van der Waals surface area contributed by atoms with Gasteiger partial charge in [0.2, 0.25) is 0 Å². The lowest BCUT2D eigenvalue weighted by atomic mass is 9.89. The van der Waals surface area contributed by atoms with Gasteiger partial charge in [-0.3, -0.25) is 14.7 Å². The third-order valence-electron chi connectivity index (χ3n) is 5.90. The van der Waals surface area contributed by atoms with Gasteiger partial charge < -0.3 is 21.5 Å². The summed E-state index contributed by atoms with van der Waals surface area (Å²) in [4.78, 5) is 15.2. The Morgan fingerprint density at radius 2 is 2.10 bits per heavy atom. The highest BCUT2D eigenvalue weighted by molar-refractivity contribution is 6.39. The number of benzene rings is 1. The molecule has 2 unspecified atom stereocenters. The van der Waals surface area contributed by atoms with Crippen molar-refractivity contribution in [3.05, 3.63) is 41.5 Å². The Morgan fingerprint density at radius 3 is 2.81 bits per heavy atom. The number of halogens is 1. The Labute approximate surface area is 187 Å². The highest BCUT2D eigenvalue weighted by atomic mass is 35.5. The number of amides is 1. The SMILES string of the molecule is Nc1ccc(N2N=C(C(=O)NCCN3CCOCC3)CC2C2C=CC(Cl)=CC2)c(N)c1. The molecule has 9 heteroatoms. The van der Waals surface area contributed by atoms with E-state index in [1.54, 1.807) is 12.1 Å². The molecule has 4 rings (SSSR count). The Balaban J connectivity index is 1.47. The molecule has 5 N–H and O–H groups in total. The summed E-state index contributed by atoms with van der Waals surface area (Å²) >= 11 is 6.11. The topological polar surface area (TPSA) is 109 Å². The fourth-order valence-corrected chi connectivity index (χ4v) is 4.33. The predicted octanol–water partition coefficient (Wildman–Crippen LogP) is 1.93. The maximum absolute atomic E-state index is 12.9. The zero-order valence-electron chi connectivity index (χ0n) is 17.5. The second-order valence-electron chi connectivity index (χ2n) is 8.04. The molecule has 166 valence electrons. The number of rotatable bonds is 6. The Morgan fingerprint density at radius 1 is 1.29 bits per heavy atom. The van der Waals surface area contributed by atoms with Gasteiger partial charge in [-0.25, -0.2) is 0 Å². The lowest BCUT2D eigenvalue weighted by Gasteiger charge is -2.30. The Kier molecular flexibility index (Phi) is 6.80. The molecule has 0 saturated carbocycles. The number of carbonyl (C=O) groups excluding carboxylic acids is 1. The van der Waals surface area contributed by atoms with E-state index in [9.17, 15) is 4.79 Å². The van der Waals surface area contributed by atoms with Crippen LogP contribution in [0.25, 0.3) is 0 Å². The third-order valence-corrected chi connectivity index (χ3v) is 6.19. The van der Waals surface area contributed by atoms with Crippen molar-refractivity contribution >= 4 is 40.3 Å². The largest absolute Gasteiger partial charge is 0.399 e.